The summed E-state index contributed by atoms with van der Waals surface area (Å²) < 4.78 is 18.9. The van der Waals surface area contributed by atoms with Crippen LogP contribution in [0.15, 0.2) is 12.3 Å². The highest BCUT2D eigenvalue weighted by molar-refractivity contribution is 5.26. The first kappa shape index (κ1) is 13.3. The molecule has 18 heavy (non-hydrogen) atoms. The zero-order chi connectivity index (χ0) is 13.1. The molecule has 0 spiro atoms. The van der Waals surface area contributed by atoms with E-state index in [9.17, 15) is 9.50 Å². The Morgan fingerprint density at radius 1 is 1.50 bits per heavy atom. The summed E-state index contributed by atoms with van der Waals surface area (Å²) in [5.74, 6) is 1.19. The minimum Gasteiger partial charge on any atom is -0.481 e. The van der Waals surface area contributed by atoms with E-state index in [1.807, 2.05) is 0 Å². The van der Waals surface area contributed by atoms with Crippen molar-refractivity contribution in [2.45, 2.75) is 32.1 Å². The summed E-state index contributed by atoms with van der Waals surface area (Å²) in [6.45, 7) is 2.36. The van der Waals surface area contributed by atoms with Crippen molar-refractivity contribution in [2.75, 3.05) is 13.7 Å². The van der Waals surface area contributed by atoms with E-state index in [0.29, 0.717) is 23.3 Å². The lowest BCUT2D eigenvalue weighted by Gasteiger charge is -2.33. The van der Waals surface area contributed by atoms with Gasteiger partial charge < -0.3 is 9.84 Å². The summed E-state index contributed by atoms with van der Waals surface area (Å²) in [5.41, 5.74) is 0.699. The molecule has 1 saturated carbocycles. The Bertz CT molecular complexity index is 411. The maximum absolute atomic E-state index is 13.8. The van der Waals surface area contributed by atoms with Crippen LogP contribution in [0.4, 0.5) is 4.39 Å². The summed E-state index contributed by atoms with van der Waals surface area (Å²) >= 11 is 0. The third-order valence-electron chi connectivity index (χ3n) is 4.09. The molecule has 100 valence electrons. The highest BCUT2D eigenvalue weighted by Gasteiger charge is 2.29. The van der Waals surface area contributed by atoms with Crippen molar-refractivity contribution in [1.82, 2.24) is 4.98 Å². The van der Waals surface area contributed by atoms with Crippen LogP contribution in [0.1, 0.15) is 37.7 Å². The fraction of sp³-hybridized carbons (Fsp3) is 0.643. The van der Waals surface area contributed by atoms with E-state index < -0.39 is 0 Å². The number of hydrogen-bond donors (Lipinski definition) is 1. The minimum absolute atomic E-state index is 0.208. The predicted octanol–water partition coefficient (Wildman–Crippen LogP) is 2.74. The largest absolute Gasteiger partial charge is 0.481 e. The van der Waals surface area contributed by atoms with Gasteiger partial charge in [-0.1, -0.05) is 6.92 Å². The smallest absolute Gasteiger partial charge is 0.213 e. The number of methoxy groups -OCH3 is 1. The SMILES string of the molecule is COc1cc(C2CCC(CO)C(C)C2)c(F)cn1. The predicted molar refractivity (Wildman–Crippen MR) is 67.1 cm³/mol. The van der Waals surface area contributed by atoms with Crippen LogP contribution in [0.3, 0.4) is 0 Å². The molecule has 3 atom stereocenters. The van der Waals surface area contributed by atoms with Gasteiger partial charge in [0.2, 0.25) is 5.88 Å². The molecule has 2 rings (SSSR count). The van der Waals surface area contributed by atoms with Gasteiger partial charge in [0.05, 0.1) is 13.3 Å². The summed E-state index contributed by atoms with van der Waals surface area (Å²) in [7, 11) is 1.54. The molecule has 0 aromatic carbocycles. The molecule has 3 nitrogen and oxygen atoms in total. The number of aliphatic hydroxyl groups excluding tert-OH is 1. The van der Waals surface area contributed by atoms with Crippen molar-refractivity contribution in [3.63, 3.8) is 0 Å². The molecule has 1 N–H and O–H groups in total. The molecule has 1 fully saturated rings. The lowest BCUT2D eigenvalue weighted by molar-refractivity contribution is 0.134. The number of nitrogens with zero attached hydrogens (tertiary/aromatic N) is 1. The first-order valence-electron chi connectivity index (χ1n) is 6.46. The lowest BCUT2D eigenvalue weighted by atomic mass is 9.73. The molecule has 3 unspecified atom stereocenters. The molecule has 1 aliphatic carbocycles. The van der Waals surface area contributed by atoms with Crippen LogP contribution in [0, 0.1) is 17.7 Å². The van der Waals surface area contributed by atoms with E-state index in [0.717, 1.165) is 19.3 Å². The molecule has 0 aliphatic heterocycles. The molecule has 1 heterocycles. The minimum atomic E-state index is -0.254. The number of pyridine rings is 1. The van der Waals surface area contributed by atoms with Gasteiger partial charge >= 0.3 is 0 Å². The molecule has 1 aromatic rings. The van der Waals surface area contributed by atoms with E-state index in [-0.39, 0.29) is 18.3 Å². The summed E-state index contributed by atoms with van der Waals surface area (Å²) in [5, 5.41) is 9.25. The molecule has 0 bridgehead atoms. The van der Waals surface area contributed by atoms with Crippen LogP contribution in [0.5, 0.6) is 5.88 Å². The van der Waals surface area contributed by atoms with Gasteiger partial charge in [-0.3, -0.25) is 0 Å². The Kier molecular flexibility index (Phi) is 4.17. The molecule has 0 saturated heterocycles. The van der Waals surface area contributed by atoms with Gasteiger partial charge in [0.15, 0.2) is 0 Å². The van der Waals surface area contributed by atoms with E-state index in [1.165, 1.54) is 13.3 Å². The molecular formula is C14H20FNO2. The third-order valence-corrected chi connectivity index (χ3v) is 4.09. The Morgan fingerprint density at radius 2 is 2.28 bits per heavy atom. The van der Waals surface area contributed by atoms with Crippen molar-refractivity contribution in [2.24, 2.45) is 11.8 Å². The second-order valence-corrected chi connectivity index (χ2v) is 5.18. The summed E-state index contributed by atoms with van der Waals surface area (Å²) in [6.07, 6.45) is 4.01. The molecule has 0 amide bonds. The monoisotopic (exact) mass is 253 g/mol. The molecule has 0 radical (unpaired) electrons. The van der Waals surface area contributed by atoms with Crippen LogP contribution < -0.4 is 4.74 Å². The first-order valence-corrected chi connectivity index (χ1v) is 6.46. The quantitative estimate of drug-likeness (QED) is 0.900. The Hall–Kier alpha value is -1.16. The topological polar surface area (TPSA) is 42.4 Å². The van der Waals surface area contributed by atoms with Gasteiger partial charge in [-0.15, -0.1) is 0 Å². The van der Waals surface area contributed by atoms with Crippen LogP contribution in [0.25, 0.3) is 0 Å². The first-order chi connectivity index (χ1) is 8.65. The lowest BCUT2D eigenvalue weighted by Crippen LogP contribution is -2.25. The highest BCUT2D eigenvalue weighted by atomic mass is 19.1. The van der Waals surface area contributed by atoms with Gasteiger partial charge in [-0.05, 0) is 42.6 Å². The second kappa shape index (κ2) is 5.65. The van der Waals surface area contributed by atoms with Gasteiger partial charge in [-0.2, -0.15) is 0 Å². The third kappa shape index (κ3) is 2.64. The summed E-state index contributed by atoms with van der Waals surface area (Å²) in [6, 6.07) is 1.70. The number of ether oxygens (including phenoxy) is 1. The van der Waals surface area contributed by atoms with E-state index in [4.69, 9.17) is 4.74 Å². The Balaban J connectivity index is 2.17. The Morgan fingerprint density at radius 3 is 2.89 bits per heavy atom. The molecule has 1 aromatic heterocycles. The van der Waals surface area contributed by atoms with Crippen LogP contribution >= 0.6 is 0 Å². The zero-order valence-corrected chi connectivity index (χ0v) is 10.9. The zero-order valence-electron chi connectivity index (χ0n) is 10.9. The van der Waals surface area contributed by atoms with Crippen molar-refractivity contribution in [1.29, 1.82) is 0 Å². The standard InChI is InChI=1S/C14H20FNO2/c1-9-5-10(3-4-11(9)8-17)12-6-14(18-2)16-7-13(12)15/h6-7,9-11,17H,3-5,8H2,1-2H3. The molecule has 1 aliphatic rings. The van der Waals surface area contributed by atoms with Crippen molar-refractivity contribution < 1.29 is 14.2 Å². The number of aliphatic hydroxyl groups is 1. The maximum Gasteiger partial charge on any atom is 0.213 e. The van der Waals surface area contributed by atoms with Crippen LogP contribution in [0.2, 0.25) is 0 Å². The van der Waals surface area contributed by atoms with Crippen molar-refractivity contribution in [3.05, 3.63) is 23.6 Å². The fourth-order valence-electron chi connectivity index (χ4n) is 2.87. The van der Waals surface area contributed by atoms with Gasteiger partial charge in [0.25, 0.3) is 0 Å². The number of aromatic nitrogens is 1. The Labute approximate surface area is 107 Å². The number of halogens is 1. The maximum atomic E-state index is 13.8. The summed E-state index contributed by atoms with van der Waals surface area (Å²) in [4.78, 5) is 3.87. The van der Waals surface area contributed by atoms with Crippen molar-refractivity contribution >= 4 is 0 Å². The molecule has 4 heteroatoms. The normalized spacial score (nSPS) is 28.1. The fourth-order valence-corrected chi connectivity index (χ4v) is 2.87. The second-order valence-electron chi connectivity index (χ2n) is 5.18. The van der Waals surface area contributed by atoms with Gasteiger partial charge in [-0.25, -0.2) is 9.37 Å². The van der Waals surface area contributed by atoms with Gasteiger partial charge in [0, 0.05) is 12.7 Å². The van der Waals surface area contributed by atoms with Crippen LogP contribution in [-0.2, 0) is 0 Å². The number of rotatable bonds is 3. The van der Waals surface area contributed by atoms with Crippen molar-refractivity contribution in [3.8, 4) is 5.88 Å². The van der Waals surface area contributed by atoms with E-state index >= 15 is 0 Å². The number of hydrogen-bond acceptors (Lipinski definition) is 3. The highest BCUT2D eigenvalue weighted by Crippen LogP contribution is 2.40. The van der Waals surface area contributed by atoms with E-state index in [1.54, 1.807) is 6.07 Å². The average molecular weight is 253 g/mol. The molecular weight excluding hydrogens is 233 g/mol. The van der Waals surface area contributed by atoms with E-state index in [2.05, 4.69) is 11.9 Å². The van der Waals surface area contributed by atoms with Crippen LogP contribution in [-0.4, -0.2) is 23.8 Å². The average Bonchev–Trinajstić information content (AvgIpc) is 2.39. The van der Waals surface area contributed by atoms with Gasteiger partial charge in [0.1, 0.15) is 5.82 Å².